The van der Waals surface area contributed by atoms with Crippen molar-refractivity contribution in [2.75, 3.05) is 0 Å². The molecule has 2 aliphatic rings. The third kappa shape index (κ3) is 4.53. The predicted molar refractivity (Wildman–Crippen MR) is 120 cm³/mol. The molecule has 3 atom stereocenters. The summed E-state index contributed by atoms with van der Waals surface area (Å²) in [4.78, 5) is 13.1. The zero-order chi connectivity index (χ0) is 22.3. The maximum Gasteiger partial charge on any atom is 0.279 e. The number of hydrogen-bond acceptors (Lipinski definition) is 2. The number of amides is 1. The van der Waals surface area contributed by atoms with Gasteiger partial charge in [0.05, 0.1) is 11.8 Å². The van der Waals surface area contributed by atoms with Crippen LogP contribution in [0.3, 0.4) is 0 Å². The molecule has 1 aliphatic heterocycles. The summed E-state index contributed by atoms with van der Waals surface area (Å²) in [5, 5.41) is 6.03. The number of hydrogen-bond donors (Lipinski definition) is 0. The molecule has 0 spiro atoms. The Hall–Kier alpha value is -2.24. The number of carbonyl (C=O) groups excluding carboxylic acids is 1. The number of halogens is 4. The molecule has 1 aliphatic carbocycles. The molecule has 0 bridgehead atoms. The van der Waals surface area contributed by atoms with Crippen LogP contribution in [0.4, 0.5) is 8.78 Å². The molecule has 3 unspecified atom stereocenters. The second-order valence-electron chi connectivity index (χ2n) is 8.39. The summed E-state index contributed by atoms with van der Waals surface area (Å²) in [7, 11) is 0. The van der Waals surface area contributed by atoms with Crippen LogP contribution >= 0.6 is 23.2 Å². The Bertz CT molecular complexity index is 1040. The fourth-order valence-electron chi connectivity index (χ4n) is 4.41. The highest BCUT2D eigenvalue weighted by atomic mass is 35.5. The van der Waals surface area contributed by atoms with Gasteiger partial charge in [0, 0.05) is 5.92 Å². The van der Waals surface area contributed by atoms with Crippen LogP contribution in [0.2, 0.25) is 0 Å². The lowest BCUT2D eigenvalue weighted by atomic mass is 9.73. The van der Waals surface area contributed by atoms with Crippen LogP contribution in [0.1, 0.15) is 43.9 Å². The first-order valence-electron chi connectivity index (χ1n) is 10.2. The molecule has 4 rings (SSSR count). The number of fused-ring (bicyclic) bond motifs is 1. The average molecular weight is 463 g/mol. The Morgan fingerprint density at radius 1 is 1.10 bits per heavy atom. The summed E-state index contributed by atoms with van der Waals surface area (Å²) >= 11 is 12.3. The number of alkyl halides is 2. The van der Waals surface area contributed by atoms with Crippen LogP contribution < -0.4 is 0 Å². The van der Waals surface area contributed by atoms with Crippen molar-refractivity contribution in [1.29, 1.82) is 0 Å². The van der Waals surface area contributed by atoms with E-state index in [0.717, 1.165) is 35.3 Å². The second kappa shape index (κ2) is 8.36. The second-order valence-corrected chi connectivity index (χ2v) is 10.1. The Morgan fingerprint density at radius 3 is 2.26 bits per heavy atom. The molecule has 2 aromatic rings. The summed E-state index contributed by atoms with van der Waals surface area (Å²) in [5.74, 6) is -0.922. The van der Waals surface area contributed by atoms with E-state index < -0.39 is 16.3 Å². The van der Waals surface area contributed by atoms with Gasteiger partial charge in [-0.3, -0.25) is 4.79 Å². The van der Waals surface area contributed by atoms with Crippen molar-refractivity contribution >= 4 is 40.9 Å². The van der Waals surface area contributed by atoms with Gasteiger partial charge in [-0.05, 0) is 72.7 Å². The normalized spacial score (nSPS) is 24.8. The monoisotopic (exact) mass is 462 g/mol. The van der Waals surface area contributed by atoms with E-state index in [1.165, 1.54) is 36.2 Å². The van der Waals surface area contributed by atoms with E-state index in [2.05, 4.69) is 12.0 Å². The first kappa shape index (κ1) is 22.0. The van der Waals surface area contributed by atoms with Gasteiger partial charge in [0.25, 0.3) is 5.91 Å². The number of nitrogens with zero attached hydrogens (tertiary/aromatic N) is 2. The fraction of sp³-hybridized carbons (Fsp3) is 0.333. The Balaban J connectivity index is 1.80. The molecule has 1 saturated carbocycles. The highest BCUT2D eigenvalue weighted by Gasteiger charge is 2.48. The lowest BCUT2D eigenvalue weighted by Gasteiger charge is -2.33. The van der Waals surface area contributed by atoms with Crippen LogP contribution in [-0.2, 0) is 4.79 Å². The minimum absolute atomic E-state index is 0.0828. The topological polar surface area (TPSA) is 32.7 Å². The van der Waals surface area contributed by atoms with Gasteiger partial charge < -0.3 is 0 Å². The standard InChI is InChI=1S/C24H22Cl2F2N2O/c1-14-11-17(13-15-3-7-18(27)8-4-15)21-20(12-14)22(16-5-9-19(28)10-6-16)30(29-21)23(31)24(2,25)26/h3-10,13-14,20,22H,11-12H2,1-2H3/b17-13+. The molecule has 0 saturated heterocycles. The van der Waals surface area contributed by atoms with E-state index in [4.69, 9.17) is 23.2 Å². The van der Waals surface area contributed by atoms with Crippen LogP contribution in [0, 0.1) is 23.5 Å². The van der Waals surface area contributed by atoms with E-state index >= 15 is 0 Å². The number of allylic oxidation sites excluding steroid dienone is 1. The molecule has 0 aromatic heterocycles. The molecule has 2 aromatic carbocycles. The van der Waals surface area contributed by atoms with Crippen LogP contribution in [-0.4, -0.2) is 21.0 Å². The molecule has 31 heavy (non-hydrogen) atoms. The molecule has 0 radical (unpaired) electrons. The zero-order valence-corrected chi connectivity index (χ0v) is 18.7. The smallest absolute Gasteiger partial charge is 0.269 e. The molecule has 0 N–H and O–H groups in total. The van der Waals surface area contributed by atoms with Crippen LogP contribution in [0.5, 0.6) is 0 Å². The minimum atomic E-state index is -1.65. The Morgan fingerprint density at radius 2 is 1.68 bits per heavy atom. The van der Waals surface area contributed by atoms with Gasteiger partial charge >= 0.3 is 0 Å². The zero-order valence-electron chi connectivity index (χ0n) is 17.2. The van der Waals surface area contributed by atoms with Gasteiger partial charge in [-0.1, -0.05) is 54.4 Å². The van der Waals surface area contributed by atoms with Gasteiger partial charge in [-0.2, -0.15) is 5.10 Å². The summed E-state index contributed by atoms with van der Waals surface area (Å²) in [6, 6.07) is 11.9. The average Bonchev–Trinajstić information content (AvgIpc) is 3.08. The number of benzene rings is 2. The number of rotatable bonds is 3. The van der Waals surface area contributed by atoms with Crippen LogP contribution in [0.25, 0.3) is 6.08 Å². The van der Waals surface area contributed by atoms with Crippen molar-refractivity contribution in [2.24, 2.45) is 16.9 Å². The van der Waals surface area contributed by atoms with Crippen molar-refractivity contribution in [1.82, 2.24) is 5.01 Å². The lowest BCUT2D eigenvalue weighted by Crippen LogP contribution is -2.39. The first-order valence-corrected chi connectivity index (χ1v) is 10.9. The van der Waals surface area contributed by atoms with E-state index in [-0.39, 0.29) is 17.6 Å². The molecule has 1 amide bonds. The number of carbonyl (C=O) groups is 1. The highest BCUT2D eigenvalue weighted by Crippen LogP contribution is 2.47. The van der Waals surface area contributed by atoms with Gasteiger partial charge in [0.1, 0.15) is 11.6 Å². The molecule has 1 fully saturated rings. The quantitative estimate of drug-likeness (QED) is 0.477. The molecule has 7 heteroatoms. The summed E-state index contributed by atoms with van der Waals surface area (Å²) in [6.07, 6.45) is 3.58. The van der Waals surface area contributed by atoms with E-state index in [0.29, 0.717) is 5.92 Å². The van der Waals surface area contributed by atoms with E-state index in [1.807, 2.05) is 6.08 Å². The summed E-state index contributed by atoms with van der Waals surface area (Å²) in [6.45, 7) is 3.56. The van der Waals surface area contributed by atoms with Gasteiger partial charge in [0.2, 0.25) is 0 Å². The van der Waals surface area contributed by atoms with Gasteiger partial charge in [-0.15, -0.1) is 0 Å². The van der Waals surface area contributed by atoms with Crippen molar-refractivity contribution in [3.63, 3.8) is 0 Å². The van der Waals surface area contributed by atoms with Crippen molar-refractivity contribution < 1.29 is 13.6 Å². The van der Waals surface area contributed by atoms with E-state index in [9.17, 15) is 13.6 Å². The Labute approximate surface area is 190 Å². The fourth-order valence-corrected chi connectivity index (χ4v) is 4.58. The SMILES string of the molecule is CC1C/C(=C\c2ccc(F)cc2)C2=NN(C(=O)C(C)(Cl)Cl)C(c3ccc(F)cc3)C2C1. The van der Waals surface area contributed by atoms with Crippen molar-refractivity contribution in [3.8, 4) is 0 Å². The van der Waals surface area contributed by atoms with Crippen LogP contribution in [0.15, 0.2) is 59.2 Å². The van der Waals surface area contributed by atoms with Crippen molar-refractivity contribution in [3.05, 3.63) is 76.9 Å². The van der Waals surface area contributed by atoms with Gasteiger partial charge in [-0.25, -0.2) is 13.8 Å². The first-order chi connectivity index (χ1) is 14.6. The lowest BCUT2D eigenvalue weighted by molar-refractivity contribution is -0.134. The maximum atomic E-state index is 13.6. The van der Waals surface area contributed by atoms with Crippen molar-refractivity contribution in [2.45, 2.75) is 37.1 Å². The maximum absolute atomic E-state index is 13.6. The minimum Gasteiger partial charge on any atom is -0.269 e. The molecule has 3 nitrogen and oxygen atoms in total. The van der Waals surface area contributed by atoms with Gasteiger partial charge in [0.15, 0.2) is 4.33 Å². The Kier molecular flexibility index (Phi) is 5.93. The molecule has 1 heterocycles. The predicted octanol–water partition coefficient (Wildman–Crippen LogP) is 6.53. The highest BCUT2D eigenvalue weighted by molar-refractivity contribution is 6.57. The summed E-state index contributed by atoms with van der Waals surface area (Å²) in [5.41, 5.74) is 3.41. The third-order valence-corrected chi connectivity index (χ3v) is 6.09. The number of hydrazone groups is 1. The molecular formula is C24H22Cl2F2N2O. The third-order valence-electron chi connectivity index (χ3n) is 5.77. The molecule has 162 valence electrons. The summed E-state index contributed by atoms with van der Waals surface area (Å²) < 4.78 is 25.2. The van der Waals surface area contributed by atoms with E-state index in [1.54, 1.807) is 24.3 Å². The largest absolute Gasteiger partial charge is 0.279 e. The molecular weight excluding hydrogens is 441 g/mol.